The van der Waals surface area contributed by atoms with Crippen LogP contribution in [0.5, 0.6) is 0 Å². The van der Waals surface area contributed by atoms with Gasteiger partial charge < -0.3 is 10.2 Å². The molecule has 2 aromatic carbocycles. The third-order valence-electron chi connectivity index (χ3n) is 5.68. The van der Waals surface area contributed by atoms with Gasteiger partial charge in [-0.3, -0.25) is 10.1 Å². The van der Waals surface area contributed by atoms with Gasteiger partial charge in [0.25, 0.3) is 5.69 Å². The van der Waals surface area contributed by atoms with E-state index >= 15 is 0 Å². The first-order chi connectivity index (χ1) is 15.1. The molecule has 174 valence electrons. The highest BCUT2D eigenvalue weighted by Gasteiger charge is 2.31. The fourth-order valence-corrected chi connectivity index (χ4v) is 5.84. The molecule has 0 radical (unpaired) electrons. The molecule has 0 amide bonds. The van der Waals surface area contributed by atoms with E-state index in [2.05, 4.69) is 16.3 Å². The number of hydrogen-bond donors (Lipinski definition) is 2. The highest BCUT2D eigenvalue weighted by Crippen LogP contribution is 2.36. The Morgan fingerprint density at radius 1 is 1.22 bits per heavy atom. The van der Waals surface area contributed by atoms with Crippen molar-refractivity contribution in [3.8, 4) is 0 Å². The summed E-state index contributed by atoms with van der Waals surface area (Å²) >= 11 is 1.79. The molecule has 32 heavy (non-hydrogen) atoms. The molecule has 1 saturated carbocycles. The molecule has 0 heterocycles. The lowest BCUT2D eigenvalue weighted by atomic mass is 9.81. The molecule has 1 aliphatic rings. The third kappa shape index (κ3) is 5.73. The Hall–Kier alpha value is -2.30. The Morgan fingerprint density at radius 2 is 1.94 bits per heavy atom. The molecular weight excluding hydrogens is 448 g/mol. The highest BCUT2D eigenvalue weighted by molar-refractivity contribution is 7.98. The van der Waals surface area contributed by atoms with Crippen molar-refractivity contribution in [1.82, 2.24) is 4.72 Å². The average molecular weight is 479 g/mol. The van der Waals surface area contributed by atoms with E-state index in [1.165, 1.54) is 12.1 Å². The Bertz CT molecular complexity index is 1080. The summed E-state index contributed by atoms with van der Waals surface area (Å²) < 4.78 is 29.0. The van der Waals surface area contributed by atoms with E-state index in [1.807, 2.05) is 43.3 Å². The van der Waals surface area contributed by atoms with Crippen molar-refractivity contribution < 1.29 is 13.3 Å². The molecule has 0 aliphatic heterocycles. The SMILES string of the molecule is CSCC1CC(Nc2cc([N+](=O)[O-])c(C)cc2S(=O)(=O)NCc2cccc(N(C)C)c2)C1. The van der Waals surface area contributed by atoms with Gasteiger partial charge in [0.2, 0.25) is 10.0 Å². The van der Waals surface area contributed by atoms with Crippen molar-refractivity contribution in [3.05, 3.63) is 57.6 Å². The molecule has 1 fully saturated rings. The second-order valence-electron chi connectivity index (χ2n) is 8.41. The minimum Gasteiger partial charge on any atom is -0.381 e. The monoisotopic (exact) mass is 478 g/mol. The average Bonchev–Trinajstić information content (AvgIpc) is 2.71. The maximum absolute atomic E-state index is 13.2. The quantitative estimate of drug-likeness (QED) is 0.393. The van der Waals surface area contributed by atoms with Gasteiger partial charge in [0.05, 0.1) is 10.6 Å². The molecule has 0 unspecified atom stereocenters. The first-order valence-corrected chi connectivity index (χ1v) is 13.3. The second-order valence-corrected chi connectivity index (χ2v) is 11.1. The lowest BCUT2D eigenvalue weighted by molar-refractivity contribution is -0.385. The summed E-state index contributed by atoms with van der Waals surface area (Å²) in [5.41, 5.74) is 2.30. The van der Waals surface area contributed by atoms with Crippen molar-refractivity contribution in [1.29, 1.82) is 0 Å². The molecule has 10 heteroatoms. The largest absolute Gasteiger partial charge is 0.381 e. The van der Waals surface area contributed by atoms with Crippen molar-refractivity contribution in [3.63, 3.8) is 0 Å². The molecule has 0 bridgehead atoms. The van der Waals surface area contributed by atoms with Crippen molar-refractivity contribution in [2.75, 3.05) is 36.3 Å². The predicted octanol–water partition coefficient (Wildman–Crippen LogP) is 4.00. The van der Waals surface area contributed by atoms with E-state index in [0.717, 1.165) is 29.8 Å². The van der Waals surface area contributed by atoms with Crippen LogP contribution in [0.3, 0.4) is 0 Å². The van der Waals surface area contributed by atoms with Gasteiger partial charge in [-0.2, -0.15) is 11.8 Å². The first kappa shape index (κ1) is 24.3. The van der Waals surface area contributed by atoms with Gasteiger partial charge >= 0.3 is 0 Å². The zero-order valence-corrected chi connectivity index (χ0v) is 20.4. The molecule has 0 aromatic heterocycles. The maximum atomic E-state index is 13.2. The Labute approximate surface area is 194 Å². The van der Waals surface area contributed by atoms with Crippen molar-refractivity contribution >= 4 is 38.8 Å². The summed E-state index contributed by atoms with van der Waals surface area (Å²) in [7, 11) is -0.0501. The van der Waals surface area contributed by atoms with E-state index in [4.69, 9.17) is 0 Å². The molecular formula is C22H30N4O4S2. The standard InChI is InChI=1S/C22H30N4O4S2/c1-15-8-22(32(29,30)23-13-16-6-5-7-19(11-16)25(2)3)20(12-21(15)26(27)28)24-18-9-17(10-18)14-31-4/h5-8,11-12,17-18,23-24H,9-10,13-14H2,1-4H3. The molecule has 0 atom stereocenters. The van der Waals surface area contributed by atoms with E-state index in [9.17, 15) is 18.5 Å². The van der Waals surface area contributed by atoms with Gasteiger partial charge in [0.15, 0.2) is 0 Å². The molecule has 3 rings (SSSR count). The summed E-state index contributed by atoms with van der Waals surface area (Å²) in [6.07, 6.45) is 3.91. The number of nitro benzene ring substituents is 1. The van der Waals surface area contributed by atoms with Gasteiger partial charge in [-0.15, -0.1) is 0 Å². The van der Waals surface area contributed by atoms with Crippen LogP contribution in [0.1, 0.15) is 24.0 Å². The molecule has 2 aromatic rings. The van der Waals surface area contributed by atoms with Gasteiger partial charge in [-0.25, -0.2) is 13.1 Å². The van der Waals surface area contributed by atoms with E-state index < -0.39 is 14.9 Å². The summed E-state index contributed by atoms with van der Waals surface area (Å²) in [4.78, 5) is 13.0. The van der Waals surface area contributed by atoms with Crippen LogP contribution in [0, 0.1) is 23.0 Å². The minimum atomic E-state index is -3.89. The number of rotatable bonds is 10. The minimum absolute atomic E-state index is 0.0395. The van der Waals surface area contributed by atoms with Crippen LogP contribution in [-0.2, 0) is 16.6 Å². The Morgan fingerprint density at radius 3 is 2.56 bits per heavy atom. The van der Waals surface area contributed by atoms with Gasteiger partial charge in [-0.1, -0.05) is 12.1 Å². The number of benzene rings is 2. The first-order valence-electron chi connectivity index (χ1n) is 10.4. The summed E-state index contributed by atoms with van der Waals surface area (Å²) in [6.45, 7) is 1.68. The van der Waals surface area contributed by atoms with Gasteiger partial charge in [0.1, 0.15) is 4.90 Å². The van der Waals surface area contributed by atoms with E-state index in [1.54, 1.807) is 18.7 Å². The third-order valence-corrected chi connectivity index (χ3v) is 7.92. The van der Waals surface area contributed by atoms with Gasteiger partial charge in [0, 0.05) is 44.0 Å². The van der Waals surface area contributed by atoms with Crippen molar-refractivity contribution in [2.45, 2.75) is 37.2 Å². The van der Waals surface area contributed by atoms with Crippen LogP contribution in [0.25, 0.3) is 0 Å². The van der Waals surface area contributed by atoms with Crippen LogP contribution in [-0.4, -0.2) is 45.5 Å². The summed E-state index contributed by atoms with van der Waals surface area (Å²) in [5, 5.41) is 14.7. The fourth-order valence-electron chi connectivity index (χ4n) is 3.85. The lowest BCUT2D eigenvalue weighted by Crippen LogP contribution is -2.37. The van der Waals surface area contributed by atoms with E-state index in [0.29, 0.717) is 11.5 Å². The number of nitrogens with zero attached hydrogens (tertiary/aromatic N) is 2. The second kappa shape index (κ2) is 10.1. The number of anilines is 2. The van der Waals surface area contributed by atoms with Crippen LogP contribution in [0.4, 0.5) is 17.1 Å². The molecule has 0 saturated heterocycles. The maximum Gasteiger partial charge on any atom is 0.274 e. The number of hydrogen-bond acceptors (Lipinski definition) is 7. The fraction of sp³-hybridized carbons (Fsp3) is 0.455. The van der Waals surface area contributed by atoms with Gasteiger partial charge in [-0.05, 0) is 61.5 Å². The van der Waals surface area contributed by atoms with Crippen LogP contribution < -0.4 is 14.9 Å². The molecule has 1 aliphatic carbocycles. The van der Waals surface area contributed by atoms with E-state index in [-0.39, 0.29) is 28.9 Å². The summed E-state index contributed by atoms with van der Waals surface area (Å²) in [6, 6.07) is 10.4. The van der Waals surface area contributed by atoms with Crippen LogP contribution >= 0.6 is 11.8 Å². The topological polar surface area (TPSA) is 105 Å². The summed E-state index contributed by atoms with van der Waals surface area (Å²) in [5.74, 6) is 1.65. The van der Waals surface area contributed by atoms with Crippen molar-refractivity contribution in [2.24, 2.45) is 5.92 Å². The number of nitrogens with one attached hydrogen (secondary N) is 2. The molecule has 0 spiro atoms. The number of nitro groups is 1. The zero-order valence-electron chi connectivity index (χ0n) is 18.8. The lowest BCUT2D eigenvalue weighted by Gasteiger charge is -2.36. The Balaban J connectivity index is 1.84. The molecule has 2 N–H and O–H groups in total. The number of sulfonamides is 1. The smallest absolute Gasteiger partial charge is 0.274 e. The van der Waals surface area contributed by atoms with Crippen LogP contribution in [0.15, 0.2) is 41.3 Å². The Kier molecular flexibility index (Phi) is 7.68. The molecule has 8 nitrogen and oxygen atoms in total. The predicted molar refractivity (Wildman–Crippen MR) is 131 cm³/mol. The number of aryl methyl sites for hydroxylation is 1. The van der Waals surface area contributed by atoms with Crippen LogP contribution in [0.2, 0.25) is 0 Å². The highest BCUT2D eigenvalue weighted by atomic mass is 32.2. The zero-order chi connectivity index (χ0) is 23.5. The number of thioether (sulfide) groups is 1. The normalized spacial score (nSPS) is 18.1.